The molecule has 0 saturated heterocycles. The van der Waals surface area contributed by atoms with Crippen molar-refractivity contribution >= 4 is 23.5 Å². The van der Waals surface area contributed by atoms with Gasteiger partial charge in [0, 0.05) is 11.7 Å². The molecular weight excluding hydrogens is 295 g/mol. The Labute approximate surface area is 124 Å². The Bertz CT molecular complexity index is 712. The van der Waals surface area contributed by atoms with E-state index in [4.69, 9.17) is 0 Å². The average Bonchev–Trinajstić information content (AvgIpc) is 2.81. The van der Waals surface area contributed by atoms with Crippen LogP contribution in [-0.2, 0) is 6.42 Å². The highest BCUT2D eigenvalue weighted by Crippen LogP contribution is 2.34. The van der Waals surface area contributed by atoms with Gasteiger partial charge in [-0.1, -0.05) is 18.7 Å². The van der Waals surface area contributed by atoms with E-state index in [0.29, 0.717) is 16.1 Å². The predicted octanol–water partition coefficient (Wildman–Crippen LogP) is 3.13. The minimum Gasteiger partial charge on any atom is -0.268 e. The van der Waals surface area contributed by atoms with E-state index in [1.807, 2.05) is 6.26 Å². The van der Waals surface area contributed by atoms with E-state index in [2.05, 4.69) is 11.9 Å². The molecule has 0 fully saturated rings. The Morgan fingerprint density at radius 3 is 2.75 bits per heavy atom. The summed E-state index contributed by atoms with van der Waals surface area (Å²) >= 11 is 2.99. The molecule has 0 saturated carbocycles. The number of aromatic nitrogens is 2. The lowest BCUT2D eigenvalue weighted by Gasteiger charge is -2.12. The summed E-state index contributed by atoms with van der Waals surface area (Å²) in [6, 6.07) is 5.92. The largest absolute Gasteiger partial charge is 0.272 e. The van der Waals surface area contributed by atoms with Crippen LogP contribution in [0.5, 0.6) is 0 Å². The molecule has 1 aliphatic heterocycles. The molecule has 0 unspecified atom stereocenters. The van der Waals surface area contributed by atoms with Crippen LogP contribution in [0.3, 0.4) is 0 Å². The number of thioether (sulfide) groups is 2. The molecule has 1 aliphatic rings. The summed E-state index contributed by atoms with van der Waals surface area (Å²) in [5.74, 6) is -0.315. The van der Waals surface area contributed by atoms with Gasteiger partial charge in [0.2, 0.25) is 0 Å². The summed E-state index contributed by atoms with van der Waals surface area (Å²) in [7, 11) is 0. The lowest BCUT2D eigenvalue weighted by Crippen LogP contribution is -2.23. The first-order valence-electron chi connectivity index (χ1n) is 6.22. The summed E-state index contributed by atoms with van der Waals surface area (Å²) in [5, 5.41) is 1.03. The first kappa shape index (κ1) is 13.7. The van der Waals surface area contributed by atoms with Crippen LogP contribution in [0.1, 0.15) is 12.6 Å². The zero-order valence-corrected chi connectivity index (χ0v) is 12.7. The summed E-state index contributed by atoms with van der Waals surface area (Å²) in [5.41, 5.74) is 1.48. The topological polar surface area (TPSA) is 34.9 Å². The Morgan fingerprint density at radius 2 is 2.10 bits per heavy atom. The van der Waals surface area contributed by atoms with Crippen LogP contribution in [-0.4, -0.2) is 21.1 Å². The van der Waals surface area contributed by atoms with Gasteiger partial charge >= 0.3 is 0 Å². The quantitative estimate of drug-likeness (QED) is 0.631. The second kappa shape index (κ2) is 5.26. The lowest BCUT2D eigenvalue weighted by molar-refractivity contribution is 0.626. The second-order valence-electron chi connectivity index (χ2n) is 4.62. The average molecular weight is 308 g/mol. The number of rotatable bonds is 2. The Kier molecular flexibility index (Phi) is 3.60. The van der Waals surface area contributed by atoms with Gasteiger partial charge in [-0.2, -0.15) is 0 Å². The van der Waals surface area contributed by atoms with Gasteiger partial charge in [-0.05, 0) is 30.5 Å². The van der Waals surface area contributed by atoms with Crippen molar-refractivity contribution in [1.82, 2.24) is 9.55 Å². The van der Waals surface area contributed by atoms with Crippen LogP contribution in [0.25, 0.3) is 5.69 Å². The van der Waals surface area contributed by atoms with E-state index in [0.717, 1.165) is 17.0 Å². The Balaban J connectivity index is 2.23. The number of nitrogens with zero attached hydrogens (tertiary/aromatic N) is 2. The molecule has 2 heterocycles. The van der Waals surface area contributed by atoms with Crippen LogP contribution in [0.4, 0.5) is 4.39 Å². The molecule has 0 bridgehead atoms. The Hall–Kier alpha value is -1.27. The van der Waals surface area contributed by atoms with Crippen LogP contribution in [0.2, 0.25) is 0 Å². The first-order chi connectivity index (χ1) is 9.60. The van der Waals surface area contributed by atoms with Gasteiger partial charge in [-0.25, -0.2) is 9.37 Å². The zero-order valence-electron chi connectivity index (χ0n) is 11.1. The van der Waals surface area contributed by atoms with Crippen LogP contribution in [0.15, 0.2) is 39.1 Å². The molecule has 0 aliphatic carbocycles. The third kappa shape index (κ3) is 2.27. The molecule has 1 aromatic heterocycles. The van der Waals surface area contributed by atoms with Crippen LogP contribution < -0.4 is 5.56 Å². The molecule has 20 heavy (non-hydrogen) atoms. The number of benzene rings is 1. The van der Waals surface area contributed by atoms with Gasteiger partial charge in [-0.3, -0.25) is 9.36 Å². The molecular formula is C14H13FN2OS2. The summed E-state index contributed by atoms with van der Waals surface area (Å²) in [6.07, 6.45) is 2.72. The fraction of sp³-hybridized carbons (Fsp3) is 0.286. The third-order valence-electron chi connectivity index (χ3n) is 3.15. The van der Waals surface area contributed by atoms with Crippen molar-refractivity contribution < 1.29 is 4.39 Å². The van der Waals surface area contributed by atoms with E-state index >= 15 is 0 Å². The summed E-state index contributed by atoms with van der Waals surface area (Å²) in [4.78, 5) is 18.0. The van der Waals surface area contributed by atoms with Crippen molar-refractivity contribution in [2.24, 2.45) is 0 Å². The molecule has 1 aromatic carbocycles. The van der Waals surface area contributed by atoms with Crippen LogP contribution >= 0.6 is 23.5 Å². The second-order valence-corrected chi connectivity index (χ2v) is 6.85. The van der Waals surface area contributed by atoms with E-state index in [1.165, 1.54) is 23.9 Å². The zero-order chi connectivity index (χ0) is 14.3. The van der Waals surface area contributed by atoms with Gasteiger partial charge in [0.15, 0.2) is 5.16 Å². The van der Waals surface area contributed by atoms with Crippen molar-refractivity contribution in [2.75, 3.05) is 6.26 Å². The van der Waals surface area contributed by atoms with E-state index in [-0.39, 0.29) is 11.4 Å². The molecule has 0 spiro atoms. The normalized spacial score (nSPS) is 17.2. The maximum absolute atomic E-state index is 13.0. The Morgan fingerprint density at radius 1 is 1.40 bits per heavy atom. The van der Waals surface area contributed by atoms with Crippen molar-refractivity contribution in [3.8, 4) is 5.69 Å². The fourth-order valence-electron chi connectivity index (χ4n) is 2.25. The minimum atomic E-state index is -0.315. The highest BCUT2D eigenvalue weighted by atomic mass is 32.2. The van der Waals surface area contributed by atoms with Crippen molar-refractivity contribution in [3.05, 3.63) is 46.1 Å². The van der Waals surface area contributed by atoms with Crippen LogP contribution in [0, 0.1) is 5.82 Å². The molecule has 2 aromatic rings. The van der Waals surface area contributed by atoms with Gasteiger partial charge in [0.1, 0.15) is 5.82 Å². The standard InChI is InChI=1S/C14H13FN2OS2/c1-8-7-11-12(20-8)13(18)17(14(16-11)19-2)10-5-3-9(15)4-6-10/h3-6,8H,7H2,1-2H3/t8-/m0/s1. The number of hydrogen-bond donors (Lipinski definition) is 0. The number of halogens is 1. The van der Waals surface area contributed by atoms with Gasteiger partial charge in [0.05, 0.1) is 16.3 Å². The molecule has 0 amide bonds. The number of fused-ring (bicyclic) bond motifs is 1. The molecule has 3 nitrogen and oxygen atoms in total. The fourth-order valence-corrected chi connectivity index (χ4v) is 3.93. The van der Waals surface area contributed by atoms with Gasteiger partial charge in [0.25, 0.3) is 5.56 Å². The number of hydrogen-bond acceptors (Lipinski definition) is 4. The van der Waals surface area contributed by atoms with Crippen molar-refractivity contribution in [1.29, 1.82) is 0 Å². The molecule has 1 atom stereocenters. The molecule has 104 valence electrons. The summed E-state index contributed by atoms with van der Waals surface area (Å²) in [6.45, 7) is 2.09. The van der Waals surface area contributed by atoms with Crippen molar-refractivity contribution in [3.63, 3.8) is 0 Å². The molecule has 3 rings (SSSR count). The molecule has 0 N–H and O–H groups in total. The van der Waals surface area contributed by atoms with Gasteiger partial charge in [-0.15, -0.1) is 11.8 Å². The minimum absolute atomic E-state index is 0.0553. The SMILES string of the molecule is CSc1nc2c(c(=O)n1-c1ccc(F)cc1)S[C@@H](C)C2. The van der Waals surface area contributed by atoms with E-state index in [1.54, 1.807) is 28.5 Å². The maximum Gasteiger partial charge on any atom is 0.272 e. The first-order valence-corrected chi connectivity index (χ1v) is 8.33. The third-order valence-corrected chi connectivity index (χ3v) is 5.00. The van der Waals surface area contributed by atoms with E-state index in [9.17, 15) is 9.18 Å². The molecule has 6 heteroatoms. The smallest absolute Gasteiger partial charge is 0.268 e. The molecule has 0 radical (unpaired) electrons. The highest BCUT2D eigenvalue weighted by Gasteiger charge is 2.26. The van der Waals surface area contributed by atoms with E-state index < -0.39 is 0 Å². The van der Waals surface area contributed by atoms with Gasteiger partial charge < -0.3 is 0 Å². The van der Waals surface area contributed by atoms with Crippen molar-refractivity contribution in [2.45, 2.75) is 28.6 Å². The summed E-state index contributed by atoms with van der Waals surface area (Å²) < 4.78 is 14.6. The predicted molar refractivity (Wildman–Crippen MR) is 80.6 cm³/mol. The highest BCUT2D eigenvalue weighted by molar-refractivity contribution is 8.00. The monoisotopic (exact) mass is 308 g/mol. The lowest BCUT2D eigenvalue weighted by atomic mass is 10.2. The maximum atomic E-state index is 13.0.